The summed E-state index contributed by atoms with van der Waals surface area (Å²) in [5.41, 5.74) is -1.12. The molecule has 34 heavy (non-hydrogen) atoms. The van der Waals surface area contributed by atoms with E-state index in [0.29, 0.717) is 31.2 Å². The van der Waals surface area contributed by atoms with E-state index in [4.69, 9.17) is 4.74 Å². The van der Waals surface area contributed by atoms with Crippen LogP contribution in [-0.2, 0) is 14.3 Å². The van der Waals surface area contributed by atoms with Gasteiger partial charge >= 0.3 is 5.97 Å². The summed E-state index contributed by atoms with van der Waals surface area (Å²) in [4.78, 5) is 37.7. The molecular formula is C28H34O6. The summed E-state index contributed by atoms with van der Waals surface area (Å²) >= 11 is 0. The van der Waals surface area contributed by atoms with Gasteiger partial charge in [0.25, 0.3) is 0 Å². The van der Waals surface area contributed by atoms with E-state index in [-0.39, 0.29) is 29.0 Å². The van der Waals surface area contributed by atoms with Crippen LogP contribution >= 0.6 is 0 Å². The number of hydrogen-bond donors (Lipinski definition) is 2. The van der Waals surface area contributed by atoms with Crippen molar-refractivity contribution in [2.75, 3.05) is 6.61 Å². The van der Waals surface area contributed by atoms with Crippen LogP contribution in [0.4, 0.5) is 0 Å². The highest BCUT2D eigenvalue weighted by molar-refractivity contribution is 5.94. The molecule has 4 aliphatic rings. The lowest BCUT2D eigenvalue weighted by Gasteiger charge is -2.60. The molecular weight excluding hydrogens is 432 g/mol. The van der Waals surface area contributed by atoms with Crippen LogP contribution < -0.4 is 0 Å². The van der Waals surface area contributed by atoms with Gasteiger partial charge in [-0.2, -0.15) is 0 Å². The normalized spacial score (nSPS) is 41.1. The summed E-state index contributed by atoms with van der Waals surface area (Å²) in [6.07, 6.45) is 5.40. The van der Waals surface area contributed by atoms with E-state index in [1.807, 2.05) is 6.92 Å². The van der Waals surface area contributed by atoms with Crippen molar-refractivity contribution in [2.24, 2.45) is 28.6 Å². The Bertz CT molecular complexity index is 1050. The van der Waals surface area contributed by atoms with Crippen molar-refractivity contribution in [3.63, 3.8) is 0 Å². The molecule has 7 atom stereocenters. The molecule has 0 saturated heterocycles. The monoisotopic (exact) mass is 466 g/mol. The number of benzene rings is 1. The molecule has 0 aliphatic heterocycles. The second-order valence-corrected chi connectivity index (χ2v) is 11.3. The zero-order chi connectivity index (χ0) is 24.3. The zero-order valence-corrected chi connectivity index (χ0v) is 20.0. The van der Waals surface area contributed by atoms with Gasteiger partial charge in [-0.1, -0.05) is 37.6 Å². The number of rotatable bonds is 4. The number of Topliss-reactive ketones (excluding diaryl/α,β-unsaturated/α-hetero) is 1. The number of hydrogen-bond acceptors (Lipinski definition) is 6. The molecule has 1 aromatic carbocycles. The van der Waals surface area contributed by atoms with E-state index in [0.717, 1.165) is 24.8 Å². The van der Waals surface area contributed by atoms with Crippen molar-refractivity contribution in [2.45, 2.75) is 70.5 Å². The zero-order valence-electron chi connectivity index (χ0n) is 20.0. The summed E-state index contributed by atoms with van der Waals surface area (Å²) in [5.74, 6) is -0.613. The van der Waals surface area contributed by atoms with E-state index in [1.54, 1.807) is 36.4 Å². The van der Waals surface area contributed by atoms with Crippen LogP contribution in [0, 0.1) is 28.6 Å². The minimum absolute atomic E-state index is 0.0204. The molecule has 2 N–H and O–H groups in total. The Balaban J connectivity index is 1.37. The van der Waals surface area contributed by atoms with Gasteiger partial charge in [0.1, 0.15) is 5.60 Å². The van der Waals surface area contributed by atoms with Gasteiger partial charge in [0, 0.05) is 11.8 Å². The van der Waals surface area contributed by atoms with Crippen molar-refractivity contribution >= 4 is 17.5 Å². The number of esters is 1. The SMILES string of the molecule is C[C@]12CCC(=O)C=C1CC[C@@H]1[C@@H]2[C@@H](O)C[C@@]2(C)[C@H]1CC[C@]2(O)C(=O)COC(=O)c1ccccc1. The molecule has 0 aromatic heterocycles. The highest BCUT2D eigenvalue weighted by Crippen LogP contribution is 2.67. The fourth-order valence-electron chi connectivity index (χ4n) is 8.06. The Hall–Kier alpha value is -2.31. The Morgan fingerprint density at radius 1 is 1.09 bits per heavy atom. The van der Waals surface area contributed by atoms with Crippen LogP contribution in [0.5, 0.6) is 0 Å². The fraction of sp³-hybridized carbons (Fsp3) is 0.607. The first-order valence-corrected chi connectivity index (χ1v) is 12.5. The van der Waals surface area contributed by atoms with E-state index in [1.165, 1.54) is 0 Å². The molecule has 3 saturated carbocycles. The van der Waals surface area contributed by atoms with Crippen molar-refractivity contribution in [3.8, 4) is 0 Å². The third-order valence-electron chi connectivity index (χ3n) is 9.85. The quantitative estimate of drug-likeness (QED) is 0.657. The van der Waals surface area contributed by atoms with Gasteiger partial charge in [-0.3, -0.25) is 9.59 Å². The lowest BCUT2D eigenvalue weighted by molar-refractivity contribution is -0.182. The molecule has 5 rings (SSSR count). The Morgan fingerprint density at radius 3 is 2.56 bits per heavy atom. The minimum atomic E-state index is -1.64. The van der Waals surface area contributed by atoms with Gasteiger partial charge in [0.15, 0.2) is 12.4 Å². The molecule has 182 valence electrons. The summed E-state index contributed by atoms with van der Waals surface area (Å²) in [6.45, 7) is 3.63. The molecule has 0 spiro atoms. The molecule has 0 amide bonds. The van der Waals surface area contributed by atoms with Gasteiger partial charge < -0.3 is 14.9 Å². The minimum Gasteiger partial charge on any atom is -0.454 e. The van der Waals surface area contributed by atoms with E-state index >= 15 is 0 Å². The number of allylic oxidation sites excluding steroid dienone is 1. The number of aliphatic hydroxyl groups excluding tert-OH is 1. The summed E-state index contributed by atoms with van der Waals surface area (Å²) in [7, 11) is 0. The van der Waals surface area contributed by atoms with Crippen molar-refractivity contribution in [1.82, 2.24) is 0 Å². The maximum atomic E-state index is 13.3. The molecule has 6 heteroatoms. The van der Waals surface area contributed by atoms with Crippen molar-refractivity contribution in [3.05, 3.63) is 47.5 Å². The maximum absolute atomic E-state index is 13.3. The average Bonchev–Trinajstić information content (AvgIpc) is 3.09. The van der Waals surface area contributed by atoms with Crippen molar-refractivity contribution < 1.29 is 29.3 Å². The first-order chi connectivity index (χ1) is 16.1. The number of ether oxygens (including phenoxy) is 1. The second kappa shape index (κ2) is 8.13. The predicted molar refractivity (Wildman–Crippen MR) is 125 cm³/mol. The molecule has 4 aliphatic carbocycles. The molecule has 1 aromatic rings. The van der Waals surface area contributed by atoms with Gasteiger partial charge in [-0.25, -0.2) is 4.79 Å². The Morgan fingerprint density at radius 2 is 1.82 bits per heavy atom. The summed E-state index contributed by atoms with van der Waals surface area (Å²) < 4.78 is 5.27. The lowest BCUT2D eigenvalue weighted by atomic mass is 9.45. The standard InChI is InChI=1S/C28H34O6/c1-26-12-10-19(29)14-18(26)8-9-20-21-11-13-28(33,27(21,2)15-22(30)24(20)26)23(31)16-34-25(32)17-6-4-3-5-7-17/h3-7,14,20-22,24,30,33H,8-13,15-16H2,1-2H3/t20-,21-,22-,24+,26-,27-,28-/m0/s1. The highest BCUT2D eigenvalue weighted by atomic mass is 16.5. The van der Waals surface area contributed by atoms with E-state index in [2.05, 4.69) is 6.92 Å². The van der Waals surface area contributed by atoms with Crippen LogP contribution in [0.2, 0.25) is 0 Å². The molecule has 0 unspecified atom stereocenters. The highest BCUT2D eigenvalue weighted by Gasteiger charge is 2.68. The summed E-state index contributed by atoms with van der Waals surface area (Å²) in [6, 6.07) is 8.49. The van der Waals surface area contributed by atoms with Gasteiger partial charge in [-0.15, -0.1) is 0 Å². The second-order valence-electron chi connectivity index (χ2n) is 11.3. The lowest BCUT2D eigenvalue weighted by Crippen LogP contribution is -2.62. The number of aliphatic hydroxyl groups is 2. The maximum Gasteiger partial charge on any atom is 0.338 e. The number of fused-ring (bicyclic) bond motifs is 5. The van der Waals surface area contributed by atoms with Crippen LogP contribution in [0.25, 0.3) is 0 Å². The first kappa shape index (κ1) is 23.4. The molecule has 3 fully saturated rings. The largest absolute Gasteiger partial charge is 0.454 e. The smallest absolute Gasteiger partial charge is 0.338 e. The first-order valence-electron chi connectivity index (χ1n) is 12.5. The van der Waals surface area contributed by atoms with Crippen LogP contribution in [0.1, 0.15) is 69.2 Å². The molecule has 6 nitrogen and oxygen atoms in total. The van der Waals surface area contributed by atoms with E-state index in [9.17, 15) is 24.6 Å². The van der Waals surface area contributed by atoms with Gasteiger partial charge in [0.05, 0.1) is 11.7 Å². The average molecular weight is 467 g/mol. The molecule has 0 radical (unpaired) electrons. The number of carbonyl (C=O) groups is 3. The molecule has 0 heterocycles. The third-order valence-corrected chi connectivity index (χ3v) is 9.85. The van der Waals surface area contributed by atoms with Crippen molar-refractivity contribution in [1.29, 1.82) is 0 Å². The van der Waals surface area contributed by atoms with Crippen LogP contribution in [0.15, 0.2) is 42.0 Å². The number of ketones is 2. The van der Waals surface area contributed by atoms with Crippen LogP contribution in [-0.4, -0.2) is 46.1 Å². The summed E-state index contributed by atoms with van der Waals surface area (Å²) in [5, 5.41) is 23.2. The predicted octanol–water partition coefficient (Wildman–Crippen LogP) is 3.65. The fourth-order valence-corrected chi connectivity index (χ4v) is 8.06. The van der Waals surface area contributed by atoms with Crippen LogP contribution in [0.3, 0.4) is 0 Å². The Labute approximate surface area is 200 Å². The number of carbonyl (C=O) groups excluding carboxylic acids is 3. The van der Waals surface area contributed by atoms with Gasteiger partial charge in [0.2, 0.25) is 5.78 Å². The van der Waals surface area contributed by atoms with E-state index < -0.39 is 35.5 Å². The Kier molecular flexibility index (Phi) is 5.60. The topological polar surface area (TPSA) is 101 Å². The third kappa shape index (κ3) is 3.33. The van der Waals surface area contributed by atoms with Gasteiger partial charge in [-0.05, 0) is 79.9 Å². The molecule has 0 bridgehead atoms.